The van der Waals surface area contributed by atoms with Gasteiger partial charge in [0.25, 0.3) is 5.24 Å². The molecule has 8 heteroatoms. The normalized spacial score (nSPS) is 10.7. The Labute approximate surface area is 204 Å². The predicted octanol–water partition coefficient (Wildman–Crippen LogP) is 6.28. The van der Waals surface area contributed by atoms with Gasteiger partial charge < -0.3 is 0 Å². The maximum atomic E-state index is 11.3. The summed E-state index contributed by atoms with van der Waals surface area (Å²) in [5.74, 6) is 0. The minimum absolute atomic E-state index is 0.338. The van der Waals surface area contributed by atoms with Crippen LogP contribution in [0.3, 0.4) is 0 Å². The van der Waals surface area contributed by atoms with Gasteiger partial charge in [-0.3, -0.25) is 4.79 Å². The highest BCUT2D eigenvalue weighted by Crippen LogP contribution is 2.17. The van der Waals surface area contributed by atoms with Crippen molar-refractivity contribution in [3.05, 3.63) is 101 Å². The number of nitrogens with zero attached hydrogens (tertiary/aromatic N) is 3. The van der Waals surface area contributed by atoms with Gasteiger partial charge in [0.1, 0.15) is 0 Å². The van der Waals surface area contributed by atoms with Crippen molar-refractivity contribution in [1.82, 2.24) is 20.2 Å². The number of aromatic nitrogens is 4. The van der Waals surface area contributed by atoms with Crippen molar-refractivity contribution in [1.29, 1.82) is 0 Å². The van der Waals surface area contributed by atoms with Crippen molar-refractivity contribution >= 4 is 46.5 Å². The third kappa shape index (κ3) is 7.23. The van der Waals surface area contributed by atoms with E-state index in [0.29, 0.717) is 11.3 Å². The summed E-state index contributed by atoms with van der Waals surface area (Å²) < 4.78 is 1.23. The molecule has 5 rings (SSSR count). The van der Waals surface area contributed by atoms with E-state index in [1.165, 1.54) is 4.68 Å². The first kappa shape index (κ1) is 25.1. The maximum Gasteiger partial charge on any atom is 0.365 e. The number of halogens is 1. The molecule has 4 aromatic carbocycles. The SMILES string of the molecule is C[Si](C)(C)C.O=C(Cl)c1ccc2ccccc2c1.O=c1[nH]nnn1-c1ccc2ccccc2c1. The van der Waals surface area contributed by atoms with Gasteiger partial charge in [0.05, 0.1) is 5.69 Å². The second kappa shape index (κ2) is 11.0. The Morgan fingerprint density at radius 3 is 1.79 bits per heavy atom. The Morgan fingerprint density at radius 2 is 1.29 bits per heavy atom. The van der Waals surface area contributed by atoms with E-state index >= 15 is 0 Å². The summed E-state index contributed by atoms with van der Waals surface area (Å²) in [5.41, 5.74) is 0.910. The molecule has 34 heavy (non-hydrogen) atoms. The third-order valence-corrected chi connectivity index (χ3v) is 4.64. The summed E-state index contributed by atoms with van der Waals surface area (Å²) in [6, 6.07) is 26.9. The van der Waals surface area contributed by atoms with Crippen LogP contribution in [-0.4, -0.2) is 33.5 Å². The Morgan fingerprint density at radius 1 is 0.794 bits per heavy atom. The summed E-state index contributed by atoms with van der Waals surface area (Å²) in [6.07, 6.45) is 0. The van der Waals surface area contributed by atoms with Crippen LogP contribution in [-0.2, 0) is 0 Å². The summed E-state index contributed by atoms with van der Waals surface area (Å²) in [7, 11) is -0.611. The van der Waals surface area contributed by atoms with Gasteiger partial charge in [0.2, 0.25) is 0 Å². The topological polar surface area (TPSA) is 80.6 Å². The monoisotopic (exact) mass is 490 g/mol. The lowest BCUT2D eigenvalue weighted by Gasteiger charge is -2.01. The molecule has 5 aromatic rings. The van der Waals surface area contributed by atoms with Gasteiger partial charge in [0, 0.05) is 13.6 Å². The van der Waals surface area contributed by atoms with E-state index in [4.69, 9.17) is 11.6 Å². The van der Waals surface area contributed by atoms with Crippen LogP contribution in [0.25, 0.3) is 27.2 Å². The van der Waals surface area contributed by atoms with Gasteiger partial charge in [-0.25, -0.2) is 9.89 Å². The zero-order valence-electron chi connectivity index (χ0n) is 19.6. The summed E-state index contributed by atoms with van der Waals surface area (Å²) in [6.45, 7) is 9.31. The van der Waals surface area contributed by atoms with Crippen molar-refractivity contribution in [2.75, 3.05) is 0 Å². The molecule has 0 saturated heterocycles. The van der Waals surface area contributed by atoms with Gasteiger partial charge in [-0.2, -0.15) is 4.68 Å². The lowest BCUT2D eigenvalue weighted by atomic mass is 10.1. The van der Waals surface area contributed by atoms with E-state index < -0.39 is 13.3 Å². The van der Waals surface area contributed by atoms with E-state index in [9.17, 15) is 9.59 Å². The number of aromatic amines is 1. The molecule has 174 valence electrons. The van der Waals surface area contributed by atoms with Gasteiger partial charge >= 0.3 is 5.69 Å². The van der Waals surface area contributed by atoms with Gasteiger partial charge in [-0.1, -0.05) is 86.9 Å². The van der Waals surface area contributed by atoms with Crippen LogP contribution in [0.5, 0.6) is 0 Å². The van der Waals surface area contributed by atoms with Crippen molar-refractivity contribution in [3.63, 3.8) is 0 Å². The van der Waals surface area contributed by atoms with Crippen molar-refractivity contribution in [3.8, 4) is 5.69 Å². The third-order valence-electron chi connectivity index (χ3n) is 4.43. The first-order valence-corrected chi connectivity index (χ1v) is 15.2. The fraction of sp³-hybridized carbons (Fsp3) is 0.154. The highest BCUT2D eigenvalue weighted by atomic mass is 35.5. The number of rotatable bonds is 2. The fourth-order valence-electron chi connectivity index (χ4n) is 2.99. The Balaban J connectivity index is 0.000000162. The van der Waals surface area contributed by atoms with Crippen molar-refractivity contribution in [2.24, 2.45) is 0 Å². The molecule has 0 saturated carbocycles. The quantitative estimate of drug-likeness (QED) is 0.233. The van der Waals surface area contributed by atoms with Crippen LogP contribution in [0.4, 0.5) is 0 Å². The molecule has 0 atom stereocenters. The van der Waals surface area contributed by atoms with Crippen molar-refractivity contribution in [2.45, 2.75) is 26.2 Å². The van der Waals surface area contributed by atoms with Gasteiger partial charge in [-0.15, -0.1) is 0 Å². The number of nitrogens with one attached hydrogen (secondary N) is 1. The molecule has 0 aliphatic heterocycles. The second-order valence-electron chi connectivity index (χ2n) is 9.29. The molecular formula is C26H27ClN4O2Si. The molecule has 6 nitrogen and oxygen atoms in total. The van der Waals surface area contributed by atoms with Crippen LogP contribution in [0.2, 0.25) is 26.2 Å². The lowest BCUT2D eigenvalue weighted by molar-refractivity contribution is 0.108. The highest BCUT2D eigenvalue weighted by molar-refractivity contribution is 6.74. The first-order valence-electron chi connectivity index (χ1n) is 10.8. The van der Waals surface area contributed by atoms with Crippen LogP contribution >= 0.6 is 11.6 Å². The van der Waals surface area contributed by atoms with Gasteiger partial charge in [0.15, 0.2) is 0 Å². The summed E-state index contributed by atoms with van der Waals surface area (Å²) in [5, 5.41) is 13.3. The number of hydrogen-bond donors (Lipinski definition) is 1. The zero-order valence-corrected chi connectivity index (χ0v) is 21.4. The molecule has 0 spiro atoms. The minimum atomic E-state index is -0.611. The number of carbonyl (C=O) groups excluding carboxylic acids is 1. The molecule has 0 amide bonds. The molecule has 0 aliphatic rings. The molecule has 0 fully saturated rings. The second-order valence-corrected chi connectivity index (χ2v) is 15.6. The Bertz CT molecular complexity index is 1460. The Hall–Kier alpha value is -3.55. The van der Waals surface area contributed by atoms with Crippen LogP contribution in [0.15, 0.2) is 89.7 Å². The Kier molecular flexibility index (Phi) is 8.15. The van der Waals surface area contributed by atoms with Crippen molar-refractivity contribution < 1.29 is 4.79 Å². The number of hydrogen-bond acceptors (Lipinski definition) is 4. The molecule has 0 bridgehead atoms. The summed E-state index contributed by atoms with van der Waals surface area (Å²) in [4.78, 5) is 22.2. The van der Waals surface area contributed by atoms with E-state index in [-0.39, 0.29) is 5.69 Å². The largest absolute Gasteiger partial charge is 0.365 e. The molecule has 1 N–H and O–H groups in total. The molecule has 0 radical (unpaired) electrons. The van der Waals surface area contributed by atoms with E-state index in [1.54, 1.807) is 12.1 Å². The molecule has 0 unspecified atom stereocenters. The molecular weight excluding hydrogens is 464 g/mol. The van der Waals surface area contributed by atoms with Crippen LogP contribution in [0.1, 0.15) is 10.4 Å². The molecule has 0 aliphatic carbocycles. The van der Waals surface area contributed by atoms with Gasteiger partial charge in [-0.05, 0) is 67.8 Å². The number of tetrazole rings is 1. The van der Waals surface area contributed by atoms with E-state index in [1.807, 2.05) is 72.8 Å². The average Bonchev–Trinajstić information content (AvgIpc) is 3.23. The molecule has 1 aromatic heterocycles. The first-order chi connectivity index (χ1) is 16.1. The number of carbonyl (C=O) groups is 1. The van der Waals surface area contributed by atoms with Crippen LogP contribution < -0.4 is 5.69 Å². The lowest BCUT2D eigenvalue weighted by Crippen LogP contribution is -2.15. The fourth-order valence-corrected chi connectivity index (χ4v) is 3.10. The number of H-pyrrole nitrogens is 1. The smallest absolute Gasteiger partial charge is 0.276 e. The minimum Gasteiger partial charge on any atom is -0.276 e. The average molecular weight is 491 g/mol. The van der Waals surface area contributed by atoms with E-state index in [2.05, 4.69) is 41.7 Å². The highest BCUT2D eigenvalue weighted by Gasteiger charge is 2.03. The standard InChI is InChI=1S/C11H7ClO.C11H8N4O.C4H12Si/c12-11(13)10-6-5-8-3-1-2-4-9(8)7-10;16-11-12-13-14-15(11)10-6-5-8-3-1-2-4-9(8)7-10;1-5(2,3)4/h1-7H;1-7H,(H,12,14,16);1-4H3. The molecule has 1 heterocycles. The number of fused-ring (bicyclic) bond motifs is 2. The van der Waals surface area contributed by atoms with Crippen LogP contribution in [0, 0.1) is 0 Å². The summed E-state index contributed by atoms with van der Waals surface area (Å²) >= 11 is 5.36. The maximum absolute atomic E-state index is 11.3. The zero-order chi connectivity index (χ0) is 24.7. The predicted molar refractivity (Wildman–Crippen MR) is 143 cm³/mol. The number of benzene rings is 4. The van der Waals surface area contributed by atoms with E-state index in [0.717, 1.165) is 21.5 Å².